The van der Waals surface area contributed by atoms with Crippen LogP contribution in [0, 0.1) is 5.82 Å². The van der Waals surface area contributed by atoms with Crippen LogP contribution in [0.1, 0.15) is 5.56 Å². The second-order valence-electron chi connectivity index (χ2n) is 8.25. The third-order valence-electron chi connectivity index (χ3n) is 5.55. The van der Waals surface area contributed by atoms with Gasteiger partial charge in [-0.3, -0.25) is 15.1 Å². The molecule has 2 N–H and O–H groups in total. The molecule has 34 heavy (non-hydrogen) atoms. The van der Waals surface area contributed by atoms with E-state index in [1.54, 1.807) is 29.9 Å². The second kappa shape index (κ2) is 8.08. The summed E-state index contributed by atoms with van der Waals surface area (Å²) in [6, 6.07) is 5.77. The molecule has 0 saturated heterocycles. The smallest absolute Gasteiger partial charge is 0.159 e. The maximum atomic E-state index is 15.9. The van der Waals surface area contributed by atoms with E-state index in [-0.39, 0.29) is 5.39 Å². The Kier molecular flexibility index (Phi) is 4.89. The number of halogens is 1. The Morgan fingerprint density at radius 3 is 2.79 bits per heavy atom. The Labute approximate surface area is 197 Å². The molecule has 0 aromatic carbocycles. The SMILES string of the molecule is CN(C)Cc1cncc(-c2cnc3[nH]nc(-c4nc5c(-c6ccsc6)nccc5[nH]4)c3c2F)c1. The summed E-state index contributed by atoms with van der Waals surface area (Å²) in [7, 11) is 3.95. The van der Waals surface area contributed by atoms with Gasteiger partial charge in [0.15, 0.2) is 11.5 Å². The number of imidazole rings is 1. The van der Waals surface area contributed by atoms with E-state index in [1.165, 1.54) is 6.20 Å². The number of hydrogen-bond donors (Lipinski definition) is 2. The molecule has 0 atom stereocenters. The predicted octanol–water partition coefficient (Wildman–Crippen LogP) is 4.89. The van der Waals surface area contributed by atoms with Gasteiger partial charge in [0, 0.05) is 53.4 Å². The van der Waals surface area contributed by atoms with Crippen LogP contribution in [-0.4, -0.2) is 54.1 Å². The van der Waals surface area contributed by atoms with Gasteiger partial charge in [-0.1, -0.05) is 0 Å². The van der Waals surface area contributed by atoms with Crippen molar-refractivity contribution in [3.8, 4) is 33.9 Å². The number of nitrogens with one attached hydrogen (secondary N) is 2. The molecule has 6 rings (SSSR count). The summed E-state index contributed by atoms with van der Waals surface area (Å²) in [5, 5.41) is 11.5. The van der Waals surface area contributed by atoms with E-state index in [9.17, 15) is 0 Å². The third kappa shape index (κ3) is 3.44. The summed E-state index contributed by atoms with van der Waals surface area (Å²) in [5.74, 6) is 0.0252. The van der Waals surface area contributed by atoms with Gasteiger partial charge in [0.1, 0.15) is 17.0 Å². The highest BCUT2D eigenvalue weighted by molar-refractivity contribution is 7.08. The molecular weight excluding hydrogens is 451 g/mol. The first-order chi connectivity index (χ1) is 16.6. The van der Waals surface area contributed by atoms with E-state index in [1.807, 2.05) is 48.0 Å². The van der Waals surface area contributed by atoms with Gasteiger partial charge in [-0.25, -0.2) is 14.4 Å². The minimum absolute atomic E-state index is 0.277. The first-order valence-corrected chi connectivity index (χ1v) is 11.5. The van der Waals surface area contributed by atoms with Crippen molar-refractivity contribution < 1.29 is 4.39 Å². The molecule has 0 spiro atoms. The molecule has 0 amide bonds. The maximum absolute atomic E-state index is 15.9. The molecule has 0 radical (unpaired) electrons. The van der Waals surface area contributed by atoms with Crippen molar-refractivity contribution in [2.75, 3.05) is 14.1 Å². The van der Waals surface area contributed by atoms with Crippen LogP contribution in [-0.2, 0) is 6.54 Å². The van der Waals surface area contributed by atoms with Crippen molar-refractivity contribution in [1.82, 2.24) is 40.0 Å². The van der Waals surface area contributed by atoms with Crippen LogP contribution in [0.25, 0.3) is 56.0 Å². The number of nitrogens with zero attached hydrogens (tertiary/aromatic N) is 6. The van der Waals surface area contributed by atoms with Crippen molar-refractivity contribution in [1.29, 1.82) is 0 Å². The number of hydrogen-bond acceptors (Lipinski definition) is 7. The van der Waals surface area contributed by atoms with Crippen molar-refractivity contribution in [3.63, 3.8) is 0 Å². The average molecular weight is 471 g/mol. The van der Waals surface area contributed by atoms with Gasteiger partial charge >= 0.3 is 0 Å². The molecule has 0 saturated carbocycles. The van der Waals surface area contributed by atoms with Gasteiger partial charge < -0.3 is 9.88 Å². The first kappa shape index (κ1) is 20.6. The quantitative estimate of drug-likeness (QED) is 0.372. The van der Waals surface area contributed by atoms with E-state index in [0.717, 1.165) is 22.3 Å². The van der Waals surface area contributed by atoms with Crippen molar-refractivity contribution in [2.24, 2.45) is 0 Å². The number of aromatic nitrogens is 7. The minimum Gasteiger partial charge on any atom is -0.336 e. The van der Waals surface area contributed by atoms with Crippen LogP contribution in [0.4, 0.5) is 4.39 Å². The molecule has 6 aromatic rings. The predicted molar refractivity (Wildman–Crippen MR) is 131 cm³/mol. The highest BCUT2D eigenvalue weighted by Crippen LogP contribution is 2.34. The summed E-state index contributed by atoms with van der Waals surface area (Å²) < 4.78 is 15.9. The number of thiophene rings is 1. The van der Waals surface area contributed by atoms with Crippen molar-refractivity contribution >= 4 is 33.4 Å². The largest absolute Gasteiger partial charge is 0.336 e. The molecule has 6 heterocycles. The Hall–Kier alpha value is -4.02. The normalized spacial score (nSPS) is 11.8. The molecule has 0 unspecified atom stereocenters. The Bertz CT molecular complexity index is 1630. The molecule has 10 heteroatoms. The van der Waals surface area contributed by atoms with E-state index < -0.39 is 5.82 Å². The highest BCUT2D eigenvalue weighted by Gasteiger charge is 2.21. The van der Waals surface area contributed by atoms with E-state index in [4.69, 9.17) is 4.98 Å². The number of pyridine rings is 3. The molecule has 0 aliphatic rings. The summed E-state index contributed by atoms with van der Waals surface area (Å²) in [6.45, 7) is 0.703. The fraction of sp³-hybridized carbons (Fsp3) is 0.125. The zero-order chi connectivity index (χ0) is 23.2. The monoisotopic (exact) mass is 470 g/mol. The third-order valence-corrected chi connectivity index (χ3v) is 6.23. The van der Waals surface area contributed by atoms with E-state index in [0.29, 0.717) is 40.4 Å². The van der Waals surface area contributed by atoms with Crippen LogP contribution in [0.3, 0.4) is 0 Å². The molecule has 168 valence electrons. The Morgan fingerprint density at radius 1 is 1.06 bits per heavy atom. The van der Waals surface area contributed by atoms with Crippen molar-refractivity contribution in [3.05, 3.63) is 65.1 Å². The molecule has 0 bridgehead atoms. The van der Waals surface area contributed by atoms with Gasteiger partial charge in [-0.15, -0.1) is 0 Å². The van der Waals surface area contributed by atoms with E-state index in [2.05, 4.69) is 30.1 Å². The van der Waals surface area contributed by atoms with Crippen LogP contribution in [0.5, 0.6) is 0 Å². The number of fused-ring (bicyclic) bond motifs is 2. The van der Waals surface area contributed by atoms with Crippen LogP contribution in [0.15, 0.2) is 53.7 Å². The second-order valence-corrected chi connectivity index (χ2v) is 9.03. The van der Waals surface area contributed by atoms with Gasteiger partial charge in [-0.05, 0) is 43.2 Å². The first-order valence-electron chi connectivity index (χ1n) is 10.6. The average Bonchev–Trinajstić information content (AvgIpc) is 3.57. The number of H-pyrrole nitrogens is 2. The zero-order valence-corrected chi connectivity index (χ0v) is 19.2. The molecule has 8 nitrogen and oxygen atoms in total. The van der Waals surface area contributed by atoms with Crippen LogP contribution in [0.2, 0.25) is 0 Å². The zero-order valence-electron chi connectivity index (χ0n) is 18.4. The lowest BCUT2D eigenvalue weighted by atomic mass is 10.1. The van der Waals surface area contributed by atoms with E-state index >= 15 is 4.39 Å². The Balaban J connectivity index is 1.50. The fourth-order valence-electron chi connectivity index (χ4n) is 4.07. The molecule has 0 aliphatic heterocycles. The molecule has 6 aromatic heterocycles. The maximum Gasteiger partial charge on any atom is 0.159 e. The Morgan fingerprint density at radius 2 is 1.97 bits per heavy atom. The lowest BCUT2D eigenvalue weighted by molar-refractivity contribution is 0.402. The summed E-state index contributed by atoms with van der Waals surface area (Å²) in [6.07, 6.45) is 6.66. The van der Waals surface area contributed by atoms with Crippen LogP contribution < -0.4 is 0 Å². The number of aromatic amines is 2. The topological polar surface area (TPSA) is 99.3 Å². The highest BCUT2D eigenvalue weighted by atomic mass is 32.1. The van der Waals surface area contributed by atoms with Gasteiger partial charge in [0.2, 0.25) is 0 Å². The fourth-order valence-corrected chi connectivity index (χ4v) is 4.71. The van der Waals surface area contributed by atoms with Gasteiger partial charge in [-0.2, -0.15) is 16.4 Å². The standard InChI is InChI=1S/C24H19FN8S/c1-33(2)11-13-7-15(9-26-8-13)16-10-28-23-18(19(16)25)22(31-32-23)24-29-17-3-5-27-20(21(17)30-24)14-4-6-34-12-14/h3-10,12H,11H2,1-2H3,(H,29,30)(H,28,31,32). The molecule has 0 fully saturated rings. The van der Waals surface area contributed by atoms with Gasteiger partial charge in [0.25, 0.3) is 0 Å². The van der Waals surface area contributed by atoms with Crippen molar-refractivity contribution in [2.45, 2.75) is 6.54 Å². The van der Waals surface area contributed by atoms with Gasteiger partial charge in [0.05, 0.1) is 16.6 Å². The van der Waals surface area contributed by atoms with Crippen LogP contribution >= 0.6 is 11.3 Å². The minimum atomic E-state index is -0.422. The summed E-state index contributed by atoms with van der Waals surface area (Å²) in [5.41, 5.74) is 5.98. The number of rotatable bonds is 5. The lowest BCUT2D eigenvalue weighted by Crippen LogP contribution is -2.10. The summed E-state index contributed by atoms with van der Waals surface area (Å²) in [4.78, 5) is 23.3. The molecule has 0 aliphatic carbocycles. The molecular formula is C24H19FN8S. The lowest BCUT2D eigenvalue weighted by Gasteiger charge is -2.11. The summed E-state index contributed by atoms with van der Waals surface area (Å²) >= 11 is 1.59.